The summed E-state index contributed by atoms with van der Waals surface area (Å²) in [6, 6.07) is 10.3. The molecule has 11 heteroatoms. The number of nitrogens with one attached hydrogen (secondary N) is 1. The maximum absolute atomic E-state index is 14.1. The highest BCUT2D eigenvalue weighted by Crippen LogP contribution is 2.36. The highest BCUT2D eigenvalue weighted by molar-refractivity contribution is 5.86. The lowest BCUT2D eigenvalue weighted by molar-refractivity contribution is -0.00884. The van der Waals surface area contributed by atoms with Crippen LogP contribution in [0.1, 0.15) is 17.5 Å². The Morgan fingerprint density at radius 2 is 2.00 bits per heavy atom. The van der Waals surface area contributed by atoms with Gasteiger partial charge in [-0.3, -0.25) is 4.90 Å². The van der Waals surface area contributed by atoms with E-state index in [9.17, 15) is 14.0 Å². The summed E-state index contributed by atoms with van der Waals surface area (Å²) in [5, 5.41) is 16.9. The van der Waals surface area contributed by atoms with E-state index in [-0.39, 0.29) is 12.4 Å². The van der Waals surface area contributed by atoms with E-state index in [2.05, 4.69) is 31.3 Å². The molecule has 2 atom stereocenters. The fourth-order valence-electron chi connectivity index (χ4n) is 5.49. The van der Waals surface area contributed by atoms with Crippen molar-refractivity contribution < 1.29 is 13.5 Å². The number of pyridine rings is 3. The summed E-state index contributed by atoms with van der Waals surface area (Å²) < 4.78 is 33.4. The van der Waals surface area contributed by atoms with E-state index in [1.54, 1.807) is 16.9 Å². The van der Waals surface area contributed by atoms with Gasteiger partial charge in [0.1, 0.15) is 18.6 Å². The normalized spacial score (nSPS) is 18.7. The Hall–Kier alpha value is -4.30. The lowest BCUT2D eigenvalue weighted by Crippen LogP contribution is -2.68. The lowest BCUT2D eigenvalue weighted by atomic mass is 9.87. The number of alkyl halides is 1. The molecule has 0 spiro atoms. The number of hydrogen-bond donors (Lipinski definition) is 1. The van der Waals surface area contributed by atoms with Crippen molar-refractivity contribution in [2.45, 2.75) is 25.0 Å². The van der Waals surface area contributed by atoms with Gasteiger partial charge in [0.2, 0.25) is 5.88 Å². The first-order chi connectivity index (χ1) is 18.6. The van der Waals surface area contributed by atoms with Crippen LogP contribution in [0.5, 0.6) is 5.88 Å². The number of ether oxygens (including phenoxy) is 1. The molecule has 9 nitrogen and oxygen atoms in total. The summed E-state index contributed by atoms with van der Waals surface area (Å²) in [4.78, 5) is 13.5. The topological polar surface area (TPSA) is 94.6 Å². The first kappa shape index (κ1) is 24.1. The van der Waals surface area contributed by atoms with Crippen molar-refractivity contribution in [2.75, 3.05) is 43.6 Å². The van der Waals surface area contributed by atoms with Crippen LogP contribution in [0.2, 0.25) is 0 Å². The largest absolute Gasteiger partial charge is 0.479 e. The Morgan fingerprint density at radius 1 is 1.16 bits per heavy atom. The quantitative estimate of drug-likeness (QED) is 0.379. The number of piperazine rings is 1. The first-order valence-corrected chi connectivity index (χ1v) is 12.4. The van der Waals surface area contributed by atoms with Crippen molar-refractivity contribution in [3.05, 3.63) is 66.0 Å². The van der Waals surface area contributed by atoms with E-state index in [1.807, 2.05) is 24.4 Å². The van der Waals surface area contributed by atoms with Gasteiger partial charge in [-0.25, -0.2) is 23.3 Å². The van der Waals surface area contributed by atoms with Crippen LogP contribution >= 0.6 is 0 Å². The van der Waals surface area contributed by atoms with Gasteiger partial charge >= 0.3 is 0 Å². The maximum atomic E-state index is 14.1. The third-order valence-electron chi connectivity index (χ3n) is 7.31. The van der Waals surface area contributed by atoms with Crippen molar-refractivity contribution >= 4 is 17.0 Å². The number of methoxy groups -OCH3 is 1. The lowest BCUT2D eigenvalue weighted by Gasteiger charge is -2.56. The van der Waals surface area contributed by atoms with Crippen LogP contribution in [0.4, 0.5) is 20.3 Å². The molecule has 194 valence electrons. The molecular formula is C27H26F2N8O. The molecule has 4 aromatic heterocycles. The number of halogens is 2. The van der Waals surface area contributed by atoms with Crippen LogP contribution < -0.4 is 15.0 Å². The number of nitriles is 1. The molecule has 3 fully saturated rings. The van der Waals surface area contributed by atoms with Crippen molar-refractivity contribution in [1.29, 1.82) is 5.26 Å². The minimum atomic E-state index is -0.491. The van der Waals surface area contributed by atoms with Crippen LogP contribution in [0.3, 0.4) is 0 Å². The minimum Gasteiger partial charge on any atom is -0.479 e. The zero-order valence-electron chi connectivity index (χ0n) is 20.8. The number of aromatic nitrogens is 4. The predicted octanol–water partition coefficient (Wildman–Crippen LogP) is 3.66. The molecule has 7 rings (SSSR count). The van der Waals surface area contributed by atoms with Crippen molar-refractivity contribution in [3.63, 3.8) is 0 Å². The molecule has 2 bridgehead atoms. The van der Waals surface area contributed by atoms with E-state index < -0.39 is 12.5 Å². The molecule has 4 aromatic rings. The molecule has 3 aliphatic heterocycles. The fraction of sp³-hybridized carbons (Fsp3) is 0.333. The number of rotatable bonds is 8. The van der Waals surface area contributed by atoms with Gasteiger partial charge in [-0.1, -0.05) is 0 Å². The van der Waals surface area contributed by atoms with Gasteiger partial charge in [-0.05, 0) is 36.2 Å². The minimum absolute atomic E-state index is 0.0128. The predicted molar refractivity (Wildman–Crippen MR) is 138 cm³/mol. The molecule has 38 heavy (non-hydrogen) atoms. The van der Waals surface area contributed by atoms with Crippen molar-refractivity contribution in [3.8, 4) is 23.1 Å². The number of anilines is 2. The number of hydrogen-bond acceptors (Lipinski definition) is 8. The zero-order chi connectivity index (χ0) is 26.2. The first-order valence-electron chi connectivity index (χ1n) is 12.4. The highest BCUT2D eigenvalue weighted by Gasteiger charge is 2.44. The van der Waals surface area contributed by atoms with E-state index >= 15 is 0 Å². The fourth-order valence-corrected chi connectivity index (χ4v) is 5.49. The second-order valence-electron chi connectivity index (χ2n) is 9.58. The molecule has 0 saturated carbocycles. The van der Waals surface area contributed by atoms with Crippen LogP contribution in [-0.2, 0) is 6.54 Å². The SMILES string of the molecule is COc1ncc(CN2C3CC2CN(c2ccc(-c4cc(NCCF)cn5ncc(C#N)c45)cn2)C3)cc1F. The Labute approximate surface area is 218 Å². The third-order valence-corrected chi connectivity index (χ3v) is 7.31. The van der Waals surface area contributed by atoms with Gasteiger partial charge in [0.25, 0.3) is 0 Å². The molecule has 3 saturated heterocycles. The summed E-state index contributed by atoms with van der Waals surface area (Å²) >= 11 is 0. The summed E-state index contributed by atoms with van der Waals surface area (Å²) in [6.45, 7) is 2.02. The smallest absolute Gasteiger partial charge is 0.250 e. The van der Waals surface area contributed by atoms with Crippen LogP contribution in [0.15, 0.2) is 49.1 Å². The van der Waals surface area contributed by atoms with E-state index in [4.69, 9.17) is 9.72 Å². The maximum Gasteiger partial charge on any atom is 0.250 e. The Morgan fingerprint density at radius 3 is 2.68 bits per heavy atom. The van der Waals surface area contributed by atoms with Crippen LogP contribution in [0, 0.1) is 17.1 Å². The van der Waals surface area contributed by atoms with Gasteiger partial charge in [0, 0.05) is 61.8 Å². The molecule has 0 aromatic carbocycles. The molecule has 3 aliphatic rings. The van der Waals surface area contributed by atoms with Crippen LogP contribution in [0.25, 0.3) is 16.6 Å². The van der Waals surface area contributed by atoms with Crippen LogP contribution in [-0.4, -0.2) is 70.0 Å². The van der Waals surface area contributed by atoms with Crippen molar-refractivity contribution in [2.24, 2.45) is 0 Å². The Kier molecular flexibility index (Phi) is 6.25. The molecular weight excluding hydrogens is 490 g/mol. The average Bonchev–Trinajstić information content (AvgIpc) is 3.37. The monoisotopic (exact) mass is 516 g/mol. The number of fused-ring (bicyclic) bond motifs is 3. The van der Waals surface area contributed by atoms with Gasteiger partial charge < -0.3 is 15.0 Å². The highest BCUT2D eigenvalue weighted by atomic mass is 19.1. The summed E-state index contributed by atoms with van der Waals surface area (Å²) in [5.41, 5.74) is 4.34. The molecule has 0 aliphatic carbocycles. The van der Waals surface area contributed by atoms with Gasteiger partial charge in [-0.15, -0.1) is 0 Å². The Balaban J connectivity index is 1.19. The molecule has 7 heterocycles. The van der Waals surface area contributed by atoms with Gasteiger partial charge in [-0.2, -0.15) is 10.4 Å². The van der Waals surface area contributed by atoms with Gasteiger partial charge in [0.15, 0.2) is 5.82 Å². The van der Waals surface area contributed by atoms with E-state index in [1.165, 1.54) is 19.4 Å². The molecule has 2 unspecified atom stereocenters. The molecule has 0 radical (unpaired) electrons. The second kappa shape index (κ2) is 9.87. The number of piperidine rings is 1. The van der Waals surface area contributed by atoms with E-state index in [0.29, 0.717) is 35.4 Å². The number of nitrogens with zero attached hydrogens (tertiary/aromatic N) is 7. The second-order valence-corrected chi connectivity index (χ2v) is 9.58. The summed E-state index contributed by atoms with van der Waals surface area (Å²) in [5.74, 6) is 0.455. The molecule has 0 amide bonds. The van der Waals surface area contributed by atoms with Gasteiger partial charge in [0.05, 0.1) is 36.3 Å². The summed E-state index contributed by atoms with van der Waals surface area (Å²) in [6.07, 6.45) is 7.86. The van der Waals surface area contributed by atoms with Crippen molar-refractivity contribution in [1.82, 2.24) is 24.5 Å². The average molecular weight is 517 g/mol. The third kappa shape index (κ3) is 4.26. The zero-order valence-corrected chi connectivity index (χ0v) is 20.8. The van der Waals surface area contributed by atoms with E-state index in [0.717, 1.165) is 42.0 Å². The Bertz CT molecular complexity index is 1500. The molecule has 1 N–H and O–H groups in total. The standard InChI is InChI=1S/C27H26F2N8O/c1-38-27-24(29)6-17(10-33-27)13-36-21-8-22(36)16-35(15-21)25-3-2-18(11-32-25)23-7-20(31-5-4-28)14-37-26(23)19(9-30)12-34-37/h2-3,6-7,10-12,14,21-22,31H,4-5,8,13,15-16H2,1H3. The summed E-state index contributed by atoms with van der Waals surface area (Å²) in [7, 11) is 1.41.